The lowest BCUT2D eigenvalue weighted by atomic mass is 9.73. The normalized spacial score (nSPS) is 26.9. The molecule has 0 aromatic heterocycles. The standard InChI is InChI=1S/C18H25NO3/c1-2-3-4-16(20)14-7-5-12(9-15(14)19)13-6-8-17-18(10-13)22-11-21-17/h6,8,10,12,14-15H,2-5,7,9,11,19H2,1H3. The Labute approximate surface area is 132 Å². The third-order valence-electron chi connectivity index (χ3n) is 4.96. The number of hydrogen-bond acceptors (Lipinski definition) is 4. The Bertz CT molecular complexity index is 543. The lowest BCUT2D eigenvalue weighted by Gasteiger charge is -2.33. The maximum absolute atomic E-state index is 12.2. The minimum atomic E-state index is -0.0199. The minimum Gasteiger partial charge on any atom is -0.454 e. The molecule has 3 unspecified atom stereocenters. The van der Waals surface area contributed by atoms with E-state index in [1.807, 2.05) is 6.07 Å². The van der Waals surface area contributed by atoms with E-state index in [-0.39, 0.29) is 12.0 Å². The first-order valence-corrected chi connectivity index (χ1v) is 8.37. The number of Topliss-reactive ketones (excluding diaryl/α,β-unsaturated/α-hetero) is 1. The smallest absolute Gasteiger partial charge is 0.231 e. The molecule has 120 valence electrons. The van der Waals surface area contributed by atoms with Gasteiger partial charge in [-0.05, 0) is 49.3 Å². The van der Waals surface area contributed by atoms with E-state index in [1.165, 1.54) is 5.56 Å². The molecule has 3 rings (SSSR count). The fourth-order valence-electron chi connectivity index (χ4n) is 3.61. The highest BCUT2D eigenvalue weighted by atomic mass is 16.7. The highest BCUT2D eigenvalue weighted by Gasteiger charge is 2.33. The molecule has 2 aliphatic rings. The third kappa shape index (κ3) is 3.12. The van der Waals surface area contributed by atoms with Crippen LogP contribution in [0.3, 0.4) is 0 Å². The van der Waals surface area contributed by atoms with Crippen molar-refractivity contribution in [1.82, 2.24) is 0 Å². The molecule has 1 aromatic rings. The molecular weight excluding hydrogens is 278 g/mol. The summed E-state index contributed by atoms with van der Waals surface area (Å²) < 4.78 is 10.8. The Morgan fingerprint density at radius 2 is 2.09 bits per heavy atom. The molecule has 1 heterocycles. The van der Waals surface area contributed by atoms with Gasteiger partial charge in [-0.25, -0.2) is 0 Å². The lowest BCUT2D eigenvalue weighted by molar-refractivity contribution is -0.124. The van der Waals surface area contributed by atoms with Gasteiger partial charge in [-0.3, -0.25) is 4.79 Å². The number of unbranched alkanes of at least 4 members (excludes halogenated alkanes) is 1. The first kappa shape index (κ1) is 15.3. The Balaban J connectivity index is 1.63. The summed E-state index contributed by atoms with van der Waals surface area (Å²) in [4.78, 5) is 12.2. The summed E-state index contributed by atoms with van der Waals surface area (Å²) in [6.45, 7) is 2.42. The van der Waals surface area contributed by atoms with Crippen molar-refractivity contribution in [2.45, 2.75) is 57.4 Å². The molecule has 0 bridgehead atoms. The Morgan fingerprint density at radius 1 is 1.27 bits per heavy atom. The maximum atomic E-state index is 12.2. The van der Waals surface area contributed by atoms with E-state index in [0.717, 1.165) is 43.6 Å². The number of nitrogens with two attached hydrogens (primary N) is 1. The molecule has 0 spiro atoms. The van der Waals surface area contributed by atoms with Gasteiger partial charge in [-0.1, -0.05) is 19.4 Å². The van der Waals surface area contributed by atoms with Crippen LogP contribution in [-0.4, -0.2) is 18.6 Å². The van der Waals surface area contributed by atoms with Crippen molar-refractivity contribution < 1.29 is 14.3 Å². The van der Waals surface area contributed by atoms with Gasteiger partial charge in [0.1, 0.15) is 5.78 Å². The SMILES string of the molecule is CCCCC(=O)C1CCC(c2ccc3c(c2)OCO3)CC1N. The van der Waals surface area contributed by atoms with Crippen molar-refractivity contribution in [2.75, 3.05) is 6.79 Å². The van der Waals surface area contributed by atoms with Crippen molar-refractivity contribution in [3.05, 3.63) is 23.8 Å². The quantitative estimate of drug-likeness (QED) is 0.905. The highest BCUT2D eigenvalue weighted by molar-refractivity contribution is 5.81. The van der Waals surface area contributed by atoms with Crippen molar-refractivity contribution in [3.63, 3.8) is 0 Å². The minimum absolute atomic E-state index is 0.0199. The fourth-order valence-corrected chi connectivity index (χ4v) is 3.61. The molecule has 0 radical (unpaired) electrons. The van der Waals surface area contributed by atoms with E-state index in [4.69, 9.17) is 15.2 Å². The molecule has 1 aliphatic carbocycles. The average Bonchev–Trinajstić information content (AvgIpc) is 3.00. The van der Waals surface area contributed by atoms with Crippen LogP contribution in [0.5, 0.6) is 11.5 Å². The van der Waals surface area contributed by atoms with Gasteiger partial charge in [0.2, 0.25) is 6.79 Å². The molecule has 2 N–H and O–H groups in total. The largest absolute Gasteiger partial charge is 0.454 e. The maximum Gasteiger partial charge on any atom is 0.231 e. The van der Waals surface area contributed by atoms with Crippen LogP contribution in [0.4, 0.5) is 0 Å². The summed E-state index contributed by atoms with van der Waals surface area (Å²) in [6, 6.07) is 6.12. The molecule has 3 atom stereocenters. The number of fused-ring (bicyclic) bond motifs is 1. The molecule has 4 heteroatoms. The predicted molar refractivity (Wildman–Crippen MR) is 85.2 cm³/mol. The van der Waals surface area contributed by atoms with E-state index in [2.05, 4.69) is 19.1 Å². The van der Waals surface area contributed by atoms with Crippen molar-refractivity contribution >= 4 is 5.78 Å². The molecule has 22 heavy (non-hydrogen) atoms. The summed E-state index contributed by atoms with van der Waals surface area (Å²) >= 11 is 0. The second-order valence-electron chi connectivity index (χ2n) is 6.46. The summed E-state index contributed by atoms with van der Waals surface area (Å²) in [6.07, 6.45) is 5.53. The van der Waals surface area contributed by atoms with Crippen LogP contribution < -0.4 is 15.2 Å². The van der Waals surface area contributed by atoms with Crippen LogP contribution in [-0.2, 0) is 4.79 Å². The van der Waals surface area contributed by atoms with Gasteiger partial charge in [0, 0.05) is 18.4 Å². The van der Waals surface area contributed by atoms with E-state index >= 15 is 0 Å². The van der Waals surface area contributed by atoms with Crippen molar-refractivity contribution in [3.8, 4) is 11.5 Å². The summed E-state index contributed by atoms with van der Waals surface area (Å²) in [5, 5.41) is 0. The first-order chi connectivity index (χ1) is 10.7. The number of ketones is 1. The Hall–Kier alpha value is -1.55. The van der Waals surface area contributed by atoms with Gasteiger partial charge in [0.15, 0.2) is 11.5 Å². The second kappa shape index (κ2) is 6.69. The second-order valence-corrected chi connectivity index (χ2v) is 6.46. The molecule has 4 nitrogen and oxygen atoms in total. The van der Waals surface area contributed by atoms with Crippen LogP contribution in [0.15, 0.2) is 18.2 Å². The predicted octanol–water partition coefficient (Wildman–Crippen LogP) is 3.39. The zero-order valence-corrected chi connectivity index (χ0v) is 13.2. The number of benzene rings is 1. The van der Waals surface area contributed by atoms with Crippen molar-refractivity contribution in [2.24, 2.45) is 11.7 Å². The van der Waals surface area contributed by atoms with Crippen molar-refractivity contribution in [1.29, 1.82) is 0 Å². The van der Waals surface area contributed by atoms with Crippen LogP contribution in [0, 0.1) is 5.92 Å². The van der Waals surface area contributed by atoms with E-state index in [9.17, 15) is 4.79 Å². The van der Waals surface area contributed by atoms with E-state index < -0.39 is 0 Å². The molecular formula is C18H25NO3. The van der Waals surface area contributed by atoms with Gasteiger partial charge in [0.05, 0.1) is 0 Å². The topological polar surface area (TPSA) is 61.5 Å². The van der Waals surface area contributed by atoms with Gasteiger partial charge in [-0.15, -0.1) is 0 Å². The summed E-state index contributed by atoms with van der Waals surface area (Å²) in [7, 11) is 0. The van der Waals surface area contributed by atoms with Gasteiger partial charge in [-0.2, -0.15) is 0 Å². The zero-order chi connectivity index (χ0) is 15.5. The molecule has 1 saturated carbocycles. The Kier molecular flexibility index (Phi) is 4.67. The number of carbonyl (C=O) groups excluding carboxylic acids is 1. The lowest BCUT2D eigenvalue weighted by Crippen LogP contribution is -2.40. The van der Waals surface area contributed by atoms with Crippen LogP contribution >= 0.6 is 0 Å². The number of hydrogen-bond donors (Lipinski definition) is 1. The molecule has 1 aromatic carbocycles. The van der Waals surface area contributed by atoms with Crippen LogP contribution in [0.25, 0.3) is 0 Å². The fraction of sp³-hybridized carbons (Fsp3) is 0.611. The zero-order valence-electron chi connectivity index (χ0n) is 13.2. The van der Waals surface area contributed by atoms with Crippen LogP contribution in [0.1, 0.15) is 56.9 Å². The van der Waals surface area contributed by atoms with Gasteiger partial charge >= 0.3 is 0 Å². The number of carbonyl (C=O) groups is 1. The first-order valence-electron chi connectivity index (χ1n) is 8.37. The van der Waals surface area contributed by atoms with Gasteiger partial charge in [0.25, 0.3) is 0 Å². The molecule has 0 saturated heterocycles. The number of rotatable bonds is 5. The summed E-state index contributed by atoms with van der Waals surface area (Å²) in [5.74, 6) is 2.47. The van der Waals surface area contributed by atoms with Crippen LogP contribution in [0.2, 0.25) is 0 Å². The van der Waals surface area contributed by atoms with E-state index in [0.29, 0.717) is 24.9 Å². The van der Waals surface area contributed by atoms with E-state index in [1.54, 1.807) is 0 Å². The monoisotopic (exact) mass is 303 g/mol. The number of ether oxygens (including phenoxy) is 2. The molecule has 1 fully saturated rings. The summed E-state index contributed by atoms with van der Waals surface area (Å²) in [5.41, 5.74) is 7.56. The molecule has 0 amide bonds. The Morgan fingerprint density at radius 3 is 2.86 bits per heavy atom. The van der Waals surface area contributed by atoms with Gasteiger partial charge < -0.3 is 15.2 Å². The third-order valence-corrected chi connectivity index (χ3v) is 4.96. The molecule has 1 aliphatic heterocycles. The highest BCUT2D eigenvalue weighted by Crippen LogP contribution is 2.40. The average molecular weight is 303 g/mol.